The predicted molar refractivity (Wildman–Crippen MR) is 70.0 cm³/mol. The van der Waals surface area contributed by atoms with Crippen LogP contribution in [0.25, 0.3) is 0 Å². The summed E-state index contributed by atoms with van der Waals surface area (Å²) in [5.74, 6) is 0.410. The van der Waals surface area contributed by atoms with E-state index in [1.54, 1.807) is 6.07 Å². The monoisotopic (exact) mass is 264 g/mol. The lowest BCUT2D eigenvalue weighted by atomic mass is 9.93. The van der Waals surface area contributed by atoms with Gasteiger partial charge in [0, 0.05) is 12.8 Å². The molecule has 0 spiro atoms. The molecular weight excluding hydrogens is 244 g/mol. The van der Waals surface area contributed by atoms with Crippen molar-refractivity contribution in [2.75, 3.05) is 0 Å². The first kappa shape index (κ1) is 14.0. The molecule has 0 bridgehead atoms. The molecule has 1 aliphatic rings. The standard InChI is InChI=1S/C15H20O4/c1-10(8-13(17)14-15(2,3)19-14)4-5-12(16)11-6-7-18-9-11/h6-7,9-10,14H,4-5,8H2,1-3H3. The Morgan fingerprint density at radius 2 is 2.11 bits per heavy atom. The van der Waals surface area contributed by atoms with Crippen LogP contribution >= 0.6 is 0 Å². The second kappa shape index (κ2) is 5.29. The molecule has 0 radical (unpaired) electrons. The molecule has 1 fully saturated rings. The maximum absolute atomic E-state index is 11.9. The van der Waals surface area contributed by atoms with Crippen molar-refractivity contribution in [1.29, 1.82) is 0 Å². The van der Waals surface area contributed by atoms with E-state index in [2.05, 4.69) is 0 Å². The topological polar surface area (TPSA) is 59.8 Å². The van der Waals surface area contributed by atoms with Crippen LogP contribution < -0.4 is 0 Å². The van der Waals surface area contributed by atoms with E-state index < -0.39 is 0 Å². The highest BCUT2D eigenvalue weighted by Crippen LogP contribution is 2.37. The number of rotatable bonds is 7. The largest absolute Gasteiger partial charge is 0.472 e. The number of ether oxygens (including phenoxy) is 1. The summed E-state index contributed by atoms with van der Waals surface area (Å²) in [6, 6.07) is 1.67. The van der Waals surface area contributed by atoms with E-state index in [0.717, 1.165) is 0 Å². The summed E-state index contributed by atoms with van der Waals surface area (Å²) in [5.41, 5.74) is 0.314. The van der Waals surface area contributed by atoms with Gasteiger partial charge in [0.2, 0.25) is 0 Å². The third kappa shape index (κ3) is 3.53. The molecular formula is C15H20O4. The molecule has 1 aromatic rings. The first-order valence-corrected chi connectivity index (χ1v) is 6.66. The second-order valence-electron chi connectivity index (χ2n) is 5.85. The maximum Gasteiger partial charge on any atom is 0.166 e. The summed E-state index contributed by atoms with van der Waals surface area (Å²) in [6.45, 7) is 5.83. The second-order valence-corrected chi connectivity index (χ2v) is 5.85. The van der Waals surface area contributed by atoms with Crippen molar-refractivity contribution in [2.24, 2.45) is 5.92 Å². The summed E-state index contributed by atoms with van der Waals surface area (Å²) in [4.78, 5) is 23.7. The average Bonchev–Trinajstić information content (AvgIpc) is 2.81. The fourth-order valence-electron chi connectivity index (χ4n) is 2.22. The normalized spacial score (nSPS) is 21.9. The van der Waals surface area contributed by atoms with Crippen LogP contribution in [0.5, 0.6) is 0 Å². The Bertz CT molecular complexity index is 458. The van der Waals surface area contributed by atoms with Gasteiger partial charge in [-0.1, -0.05) is 6.92 Å². The van der Waals surface area contributed by atoms with Gasteiger partial charge < -0.3 is 9.15 Å². The highest BCUT2D eigenvalue weighted by atomic mass is 16.6. The molecule has 2 unspecified atom stereocenters. The zero-order valence-corrected chi connectivity index (χ0v) is 11.6. The molecule has 4 heteroatoms. The Morgan fingerprint density at radius 1 is 1.42 bits per heavy atom. The summed E-state index contributed by atoms with van der Waals surface area (Å²) in [6.07, 6.45) is 4.34. The number of epoxide rings is 1. The first-order chi connectivity index (χ1) is 8.90. The van der Waals surface area contributed by atoms with E-state index in [0.29, 0.717) is 24.8 Å². The highest BCUT2D eigenvalue weighted by molar-refractivity contribution is 5.95. The summed E-state index contributed by atoms with van der Waals surface area (Å²) in [7, 11) is 0. The van der Waals surface area contributed by atoms with E-state index in [9.17, 15) is 9.59 Å². The Hall–Kier alpha value is -1.42. The molecule has 1 aliphatic heterocycles. The Labute approximate surface area is 113 Å². The van der Waals surface area contributed by atoms with E-state index in [-0.39, 0.29) is 29.2 Å². The number of hydrogen-bond acceptors (Lipinski definition) is 4. The summed E-state index contributed by atoms with van der Waals surface area (Å²) < 4.78 is 10.2. The Balaban J connectivity index is 1.72. The third-order valence-corrected chi connectivity index (χ3v) is 3.55. The van der Waals surface area contributed by atoms with Gasteiger partial charge >= 0.3 is 0 Å². The number of carbonyl (C=O) groups excluding carboxylic acids is 2. The highest BCUT2D eigenvalue weighted by Gasteiger charge is 2.52. The molecule has 2 rings (SSSR count). The molecule has 2 heterocycles. The van der Waals surface area contributed by atoms with Gasteiger partial charge in [0.1, 0.15) is 12.4 Å². The van der Waals surface area contributed by atoms with Gasteiger partial charge in [0.25, 0.3) is 0 Å². The third-order valence-electron chi connectivity index (χ3n) is 3.55. The molecule has 0 N–H and O–H groups in total. The lowest BCUT2D eigenvalue weighted by Crippen LogP contribution is -2.17. The smallest absolute Gasteiger partial charge is 0.166 e. The predicted octanol–water partition coefficient (Wildman–Crippen LogP) is 3.02. The molecule has 0 aromatic carbocycles. The first-order valence-electron chi connectivity index (χ1n) is 6.66. The zero-order valence-electron chi connectivity index (χ0n) is 11.6. The molecule has 2 atom stereocenters. The number of hydrogen-bond donors (Lipinski definition) is 0. The van der Waals surface area contributed by atoms with E-state index >= 15 is 0 Å². The number of furan rings is 1. The van der Waals surface area contributed by atoms with Gasteiger partial charge in [-0.05, 0) is 32.3 Å². The van der Waals surface area contributed by atoms with Crippen LogP contribution in [0.3, 0.4) is 0 Å². The van der Waals surface area contributed by atoms with E-state index in [4.69, 9.17) is 9.15 Å². The van der Waals surface area contributed by atoms with Gasteiger partial charge in [0.05, 0.1) is 17.4 Å². The summed E-state index contributed by atoms with van der Waals surface area (Å²) >= 11 is 0. The van der Waals surface area contributed by atoms with Gasteiger partial charge in [-0.25, -0.2) is 0 Å². The van der Waals surface area contributed by atoms with Crippen LogP contribution in [0, 0.1) is 5.92 Å². The molecule has 4 nitrogen and oxygen atoms in total. The fraction of sp³-hybridized carbons (Fsp3) is 0.600. The van der Waals surface area contributed by atoms with Crippen molar-refractivity contribution in [3.05, 3.63) is 24.2 Å². The SMILES string of the molecule is CC(CCC(=O)c1ccoc1)CC(=O)C1OC1(C)C. The Kier molecular flexibility index (Phi) is 3.90. The van der Waals surface area contributed by atoms with Gasteiger partial charge in [-0.2, -0.15) is 0 Å². The minimum absolute atomic E-state index is 0.0658. The molecule has 0 aliphatic carbocycles. The zero-order chi connectivity index (χ0) is 14.0. The fourth-order valence-corrected chi connectivity index (χ4v) is 2.22. The van der Waals surface area contributed by atoms with E-state index in [1.165, 1.54) is 12.5 Å². The lowest BCUT2D eigenvalue weighted by molar-refractivity contribution is -0.121. The number of Topliss-reactive ketones (excluding diaryl/α,β-unsaturated/α-hetero) is 2. The maximum atomic E-state index is 11.9. The average molecular weight is 264 g/mol. The van der Waals surface area contributed by atoms with Crippen LogP contribution in [0.4, 0.5) is 0 Å². The van der Waals surface area contributed by atoms with Crippen LogP contribution in [0.2, 0.25) is 0 Å². The Morgan fingerprint density at radius 3 is 2.63 bits per heavy atom. The number of ketones is 2. The van der Waals surface area contributed by atoms with Crippen molar-refractivity contribution in [3.63, 3.8) is 0 Å². The van der Waals surface area contributed by atoms with Crippen molar-refractivity contribution in [2.45, 2.75) is 51.7 Å². The summed E-state index contributed by atoms with van der Waals surface area (Å²) in [5, 5.41) is 0. The quantitative estimate of drug-likeness (QED) is 0.561. The number of carbonyl (C=O) groups is 2. The molecule has 19 heavy (non-hydrogen) atoms. The van der Waals surface area contributed by atoms with Gasteiger partial charge in [-0.3, -0.25) is 9.59 Å². The van der Waals surface area contributed by atoms with Crippen LogP contribution in [-0.2, 0) is 9.53 Å². The molecule has 1 saturated heterocycles. The molecule has 1 aromatic heterocycles. The van der Waals surface area contributed by atoms with Crippen LogP contribution in [-0.4, -0.2) is 23.3 Å². The molecule has 0 amide bonds. The molecule has 0 saturated carbocycles. The van der Waals surface area contributed by atoms with Crippen molar-refractivity contribution in [3.8, 4) is 0 Å². The van der Waals surface area contributed by atoms with Crippen molar-refractivity contribution in [1.82, 2.24) is 0 Å². The van der Waals surface area contributed by atoms with Crippen LogP contribution in [0.1, 0.15) is 50.4 Å². The lowest BCUT2D eigenvalue weighted by Gasteiger charge is -2.08. The van der Waals surface area contributed by atoms with Crippen molar-refractivity contribution >= 4 is 11.6 Å². The minimum Gasteiger partial charge on any atom is -0.472 e. The minimum atomic E-state index is -0.288. The van der Waals surface area contributed by atoms with Gasteiger partial charge in [0.15, 0.2) is 11.6 Å². The van der Waals surface area contributed by atoms with Crippen molar-refractivity contribution < 1.29 is 18.7 Å². The molecule has 104 valence electrons. The van der Waals surface area contributed by atoms with E-state index in [1.807, 2.05) is 20.8 Å². The van der Waals surface area contributed by atoms with Gasteiger partial charge in [-0.15, -0.1) is 0 Å². The van der Waals surface area contributed by atoms with Crippen LogP contribution in [0.15, 0.2) is 23.0 Å².